The molecule has 1 aliphatic carbocycles. The van der Waals surface area contributed by atoms with Crippen molar-refractivity contribution in [1.29, 1.82) is 0 Å². The quantitative estimate of drug-likeness (QED) is 0.566. The van der Waals surface area contributed by atoms with Crippen LogP contribution in [-0.2, 0) is 4.79 Å². The number of esters is 1. The van der Waals surface area contributed by atoms with Gasteiger partial charge in [-0.15, -0.1) is 0 Å². The van der Waals surface area contributed by atoms with Crippen LogP contribution in [0, 0.1) is 0 Å². The number of hydrogen-bond donors (Lipinski definition) is 0. The van der Waals surface area contributed by atoms with Gasteiger partial charge in [-0.1, -0.05) is 23.7 Å². The van der Waals surface area contributed by atoms with E-state index in [2.05, 4.69) is 0 Å². The molecule has 0 saturated carbocycles. The first-order valence-corrected chi connectivity index (χ1v) is 5.16. The van der Waals surface area contributed by atoms with Crippen LogP contribution < -0.4 is 4.74 Å². The maximum Gasteiger partial charge on any atom is 0.308 e. The van der Waals surface area contributed by atoms with Gasteiger partial charge in [0, 0.05) is 18.6 Å². The fourth-order valence-electron chi connectivity index (χ4n) is 1.59. The monoisotopic (exact) mass is 250 g/mol. The van der Waals surface area contributed by atoms with E-state index in [4.69, 9.17) is 16.3 Å². The first kappa shape index (κ1) is 11.5. The van der Waals surface area contributed by atoms with E-state index >= 15 is 0 Å². The van der Waals surface area contributed by atoms with Crippen molar-refractivity contribution < 1.29 is 19.1 Å². The van der Waals surface area contributed by atoms with E-state index in [1.54, 1.807) is 0 Å². The Morgan fingerprint density at radius 1 is 1.29 bits per heavy atom. The van der Waals surface area contributed by atoms with Crippen LogP contribution in [0.2, 0.25) is 0 Å². The molecule has 1 aromatic carbocycles. The zero-order valence-electron chi connectivity index (χ0n) is 8.82. The molecule has 1 aromatic rings. The Hall–Kier alpha value is -1.94. The molecular formula is C12H7ClO4. The summed E-state index contributed by atoms with van der Waals surface area (Å²) >= 11 is 5.65. The Bertz CT molecular complexity index is 572. The lowest BCUT2D eigenvalue weighted by atomic mass is 9.94. The minimum atomic E-state index is -0.565. The van der Waals surface area contributed by atoms with Crippen molar-refractivity contribution in [1.82, 2.24) is 0 Å². The zero-order chi connectivity index (χ0) is 12.6. The highest BCUT2D eigenvalue weighted by Crippen LogP contribution is 2.30. The zero-order valence-corrected chi connectivity index (χ0v) is 9.58. The van der Waals surface area contributed by atoms with Gasteiger partial charge < -0.3 is 4.74 Å². The van der Waals surface area contributed by atoms with Crippen molar-refractivity contribution in [3.63, 3.8) is 0 Å². The molecule has 0 radical (unpaired) electrons. The summed E-state index contributed by atoms with van der Waals surface area (Å²) in [7, 11) is 0. The average molecular weight is 251 g/mol. The van der Waals surface area contributed by atoms with Crippen LogP contribution in [-0.4, -0.2) is 17.5 Å². The van der Waals surface area contributed by atoms with E-state index in [0.29, 0.717) is 0 Å². The van der Waals surface area contributed by atoms with E-state index in [0.717, 1.165) is 6.08 Å². The van der Waals surface area contributed by atoms with Crippen molar-refractivity contribution in [3.05, 3.63) is 40.4 Å². The third-order valence-electron chi connectivity index (χ3n) is 2.25. The molecule has 2 rings (SSSR count). The van der Waals surface area contributed by atoms with Crippen LogP contribution in [0.4, 0.5) is 0 Å². The number of hydrogen-bond acceptors (Lipinski definition) is 4. The molecule has 0 aromatic heterocycles. The summed E-state index contributed by atoms with van der Waals surface area (Å²) < 4.78 is 4.88. The number of ether oxygens (including phenoxy) is 1. The molecule has 0 spiro atoms. The SMILES string of the molecule is CC(=O)Oc1cccc2c1C(=O)C(Cl)=CC2=O. The number of halogens is 1. The highest BCUT2D eigenvalue weighted by molar-refractivity contribution is 6.49. The highest BCUT2D eigenvalue weighted by atomic mass is 35.5. The Labute approximate surface area is 102 Å². The molecule has 0 bridgehead atoms. The number of carbonyl (C=O) groups excluding carboxylic acids is 3. The van der Waals surface area contributed by atoms with E-state index < -0.39 is 11.8 Å². The topological polar surface area (TPSA) is 60.4 Å². The second-order valence-electron chi connectivity index (χ2n) is 3.46. The summed E-state index contributed by atoms with van der Waals surface area (Å²) in [5.74, 6) is -1.40. The van der Waals surface area contributed by atoms with Crippen LogP contribution in [0.5, 0.6) is 5.75 Å². The van der Waals surface area contributed by atoms with Crippen LogP contribution in [0.15, 0.2) is 29.3 Å². The molecule has 0 heterocycles. The Morgan fingerprint density at radius 3 is 2.65 bits per heavy atom. The molecule has 0 amide bonds. The fraction of sp³-hybridized carbons (Fsp3) is 0.0833. The van der Waals surface area contributed by atoms with Gasteiger partial charge in [0.05, 0.1) is 10.6 Å². The van der Waals surface area contributed by atoms with E-state index in [9.17, 15) is 14.4 Å². The predicted octanol–water partition coefficient (Wildman–Crippen LogP) is 2.11. The molecule has 0 fully saturated rings. The van der Waals surface area contributed by atoms with Crippen LogP contribution in [0.25, 0.3) is 0 Å². The Kier molecular flexibility index (Phi) is 2.81. The third kappa shape index (κ3) is 1.99. The molecule has 0 atom stereocenters. The lowest BCUT2D eigenvalue weighted by molar-refractivity contribution is -0.131. The van der Waals surface area contributed by atoms with Crippen LogP contribution in [0.3, 0.4) is 0 Å². The Morgan fingerprint density at radius 2 is 2.00 bits per heavy atom. The predicted molar refractivity (Wildman–Crippen MR) is 60.3 cm³/mol. The summed E-state index contributed by atoms with van der Waals surface area (Å²) in [6, 6.07) is 4.47. The summed E-state index contributed by atoms with van der Waals surface area (Å²) in [6.07, 6.45) is 1.06. The van der Waals surface area contributed by atoms with Crippen molar-refractivity contribution in [2.45, 2.75) is 6.92 Å². The van der Waals surface area contributed by atoms with Gasteiger partial charge in [0.25, 0.3) is 0 Å². The average Bonchev–Trinajstić information content (AvgIpc) is 2.25. The minimum absolute atomic E-state index is 0.0419. The van der Waals surface area contributed by atoms with Gasteiger partial charge in [-0.2, -0.15) is 0 Å². The summed E-state index contributed by atoms with van der Waals surface area (Å²) in [5.41, 5.74) is 0.235. The minimum Gasteiger partial charge on any atom is -0.426 e. The van der Waals surface area contributed by atoms with Crippen molar-refractivity contribution >= 4 is 29.1 Å². The normalized spacial score (nSPS) is 14.1. The molecule has 4 nitrogen and oxygen atoms in total. The second kappa shape index (κ2) is 4.14. The van der Waals surface area contributed by atoms with Gasteiger partial charge in [-0.25, -0.2) is 0 Å². The Balaban J connectivity index is 2.63. The first-order chi connectivity index (χ1) is 8.00. The maximum atomic E-state index is 11.8. The molecular weight excluding hydrogens is 244 g/mol. The molecule has 86 valence electrons. The highest BCUT2D eigenvalue weighted by Gasteiger charge is 2.28. The third-order valence-corrected chi connectivity index (χ3v) is 2.53. The van der Waals surface area contributed by atoms with E-state index in [1.807, 2.05) is 0 Å². The van der Waals surface area contributed by atoms with Gasteiger partial charge in [0.1, 0.15) is 5.75 Å². The van der Waals surface area contributed by atoms with Gasteiger partial charge in [-0.05, 0) is 6.07 Å². The van der Waals surface area contributed by atoms with Crippen LogP contribution >= 0.6 is 11.6 Å². The number of benzene rings is 1. The van der Waals surface area contributed by atoms with Gasteiger partial charge >= 0.3 is 5.97 Å². The lowest BCUT2D eigenvalue weighted by Crippen LogP contribution is -2.17. The fourth-order valence-corrected chi connectivity index (χ4v) is 1.78. The maximum absolute atomic E-state index is 11.8. The van der Waals surface area contributed by atoms with Gasteiger partial charge in [0.15, 0.2) is 5.78 Å². The number of Topliss-reactive ketones (excluding diaryl/α,β-unsaturated/α-hetero) is 1. The smallest absolute Gasteiger partial charge is 0.308 e. The largest absolute Gasteiger partial charge is 0.426 e. The van der Waals surface area contributed by atoms with Crippen LogP contribution in [0.1, 0.15) is 27.6 Å². The number of allylic oxidation sites excluding steroid dienone is 2. The standard InChI is InChI=1S/C12H7ClO4/c1-6(14)17-10-4-2-3-7-9(15)5-8(13)12(16)11(7)10/h2-5H,1H3. The van der Waals surface area contributed by atoms with Crippen molar-refractivity contribution in [3.8, 4) is 5.75 Å². The number of fused-ring (bicyclic) bond motifs is 1. The number of carbonyl (C=O) groups is 3. The van der Waals surface area contributed by atoms with Crippen molar-refractivity contribution in [2.75, 3.05) is 0 Å². The van der Waals surface area contributed by atoms with E-state index in [-0.39, 0.29) is 27.7 Å². The molecule has 0 N–H and O–H groups in total. The molecule has 0 aliphatic heterocycles. The molecule has 5 heteroatoms. The number of ketones is 2. The van der Waals surface area contributed by atoms with Crippen molar-refractivity contribution in [2.24, 2.45) is 0 Å². The summed E-state index contributed by atoms with van der Waals surface area (Å²) in [6.45, 7) is 1.21. The first-order valence-electron chi connectivity index (χ1n) is 4.78. The lowest BCUT2D eigenvalue weighted by Gasteiger charge is -2.14. The summed E-state index contributed by atoms with van der Waals surface area (Å²) in [4.78, 5) is 34.3. The second-order valence-corrected chi connectivity index (χ2v) is 3.87. The number of rotatable bonds is 1. The van der Waals surface area contributed by atoms with Gasteiger partial charge in [-0.3, -0.25) is 14.4 Å². The van der Waals surface area contributed by atoms with E-state index in [1.165, 1.54) is 25.1 Å². The molecule has 1 aliphatic rings. The molecule has 0 unspecified atom stereocenters. The summed E-state index contributed by atoms with van der Waals surface area (Å²) in [5, 5.41) is -0.179. The van der Waals surface area contributed by atoms with Gasteiger partial charge in [0.2, 0.25) is 5.78 Å². The molecule has 17 heavy (non-hydrogen) atoms. The molecule has 0 saturated heterocycles.